The van der Waals surface area contributed by atoms with Crippen molar-refractivity contribution in [2.24, 2.45) is 0 Å². The number of hydrogen-bond acceptors (Lipinski definition) is 4. The van der Waals surface area contributed by atoms with Crippen molar-refractivity contribution in [2.45, 2.75) is 50.7 Å². The SMILES string of the molecule is CS(=O)(=O)N(CC(=O)N(Cc1ccc(F)cc1)[C@@H](Cc1ccccc1)C(=O)NC1CCCC1)c1cccc(F)c1. The van der Waals surface area contributed by atoms with E-state index in [1.165, 1.54) is 47.4 Å². The molecule has 0 unspecified atom stereocenters. The Morgan fingerprint density at radius 3 is 2.20 bits per heavy atom. The van der Waals surface area contributed by atoms with Crippen LogP contribution in [0.2, 0.25) is 0 Å². The Hall–Kier alpha value is -3.79. The van der Waals surface area contributed by atoms with Gasteiger partial charge in [-0.3, -0.25) is 13.9 Å². The number of benzene rings is 3. The maximum absolute atomic E-state index is 14.0. The molecule has 1 N–H and O–H groups in total. The zero-order chi connectivity index (χ0) is 28.7. The minimum Gasteiger partial charge on any atom is -0.352 e. The third-order valence-electron chi connectivity index (χ3n) is 7.01. The molecule has 1 aliphatic carbocycles. The van der Waals surface area contributed by atoms with E-state index < -0.39 is 40.2 Å². The lowest BCUT2D eigenvalue weighted by molar-refractivity contribution is -0.140. The van der Waals surface area contributed by atoms with Gasteiger partial charge in [-0.25, -0.2) is 17.2 Å². The third-order valence-corrected chi connectivity index (χ3v) is 8.15. The van der Waals surface area contributed by atoms with E-state index in [-0.39, 0.29) is 30.6 Å². The molecule has 1 atom stereocenters. The van der Waals surface area contributed by atoms with Crippen molar-refractivity contribution in [2.75, 3.05) is 17.1 Å². The molecule has 10 heteroatoms. The van der Waals surface area contributed by atoms with Gasteiger partial charge in [0.15, 0.2) is 0 Å². The normalized spacial score (nSPS) is 14.5. The minimum atomic E-state index is -4.00. The standard InChI is InChI=1S/C30H33F2N3O4S/c1-40(38,39)35(27-13-7-10-25(32)19-27)21-29(36)34(20-23-14-16-24(31)17-15-23)28(18-22-8-3-2-4-9-22)30(37)33-26-11-5-6-12-26/h2-4,7-10,13-17,19,26,28H,5-6,11-12,18,20-21H2,1H3,(H,33,37)/t28-/m0/s1. The quantitative estimate of drug-likeness (QED) is 0.370. The molecule has 0 saturated heterocycles. The summed E-state index contributed by atoms with van der Waals surface area (Å²) in [6.07, 6.45) is 4.82. The number of sulfonamides is 1. The summed E-state index contributed by atoms with van der Waals surface area (Å²) in [4.78, 5) is 29.1. The van der Waals surface area contributed by atoms with E-state index in [1.807, 2.05) is 30.3 Å². The van der Waals surface area contributed by atoms with Crippen LogP contribution < -0.4 is 9.62 Å². The summed E-state index contributed by atoms with van der Waals surface area (Å²) in [6.45, 7) is -0.707. The highest BCUT2D eigenvalue weighted by molar-refractivity contribution is 7.92. The first-order valence-electron chi connectivity index (χ1n) is 13.2. The molecule has 1 fully saturated rings. The fourth-order valence-electron chi connectivity index (χ4n) is 4.95. The van der Waals surface area contributed by atoms with Crippen LogP contribution in [-0.4, -0.2) is 50.0 Å². The van der Waals surface area contributed by atoms with Crippen LogP contribution in [0.25, 0.3) is 0 Å². The van der Waals surface area contributed by atoms with Gasteiger partial charge in [-0.1, -0.05) is 61.4 Å². The molecule has 0 radical (unpaired) electrons. The molecule has 3 aromatic rings. The van der Waals surface area contributed by atoms with Crippen LogP contribution in [0.5, 0.6) is 0 Å². The van der Waals surface area contributed by atoms with Crippen LogP contribution in [0, 0.1) is 11.6 Å². The number of nitrogens with one attached hydrogen (secondary N) is 1. The summed E-state index contributed by atoms with van der Waals surface area (Å²) in [5, 5.41) is 3.08. The van der Waals surface area contributed by atoms with E-state index in [0.29, 0.717) is 5.56 Å². The highest BCUT2D eigenvalue weighted by Gasteiger charge is 2.34. The molecule has 1 aliphatic rings. The monoisotopic (exact) mass is 569 g/mol. The van der Waals surface area contributed by atoms with Crippen LogP contribution in [-0.2, 0) is 32.6 Å². The number of rotatable bonds is 11. The highest BCUT2D eigenvalue weighted by Crippen LogP contribution is 2.22. The van der Waals surface area contributed by atoms with Gasteiger partial charge in [-0.2, -0.15) is 0 Å². The van der Waals surface area contributed by atoms with Crippen LogP contribution in [0.1, 0.15) is 36.8 Å². The fourth-order valence-corrected chi connectivity index (χ4v) is 5.79. The lowest BCUT2D eigenvalue weighted by Crippen LogP contribution is -2.54. The summed E-state index contributed by atoms with van der Waals surface area (Å²) in [6, 6.07) is 18.8. The van der Waals surface area contributed by atoms with Gasteiger partial charge in [0.05, 0.1) is 11.9 Å². The Morgan fingerprint density at radius 1 is 0.900 bits per heavy atom. The molecule has 0 bridgehead atoms. The Labute approximate surface area is 233 Å². The maximum Gasteiger partial charge on any atom is 0.244 e. The second-order valence-corrected chi connectivity index (χ2v) is 12.0. The zero-order valence-electron chi connectivity index (χ0n) is 22.3. The van der Waals surface area contributed by atoms with Gasteiger partial charge in [0, 0.05) is 19.0 Å². The van der Waals surface area contributed by atoms with Crippen LogP contribution >= 0.6 is 0 Å². The van der Waals surface area contributed by atoms with Gasteiger partial charge in [-0.15, -0.1) is 0 Å². The first kappa shape index (κ1) is 29.2. The molecular weight excluding hydrogens is 536 g/mol. The molecule has 0 heterocycles. The number of halogens is 2. The molecule has 1 saturated carbocycles. The van der Waals surface area contributed by atoms with Crippen LogP contribution in [0.15, 0.2) is 78.9 Å². The number of carbonyl (C=O) groups excluding carboxylic acids is 2. The van der Waals surface area contributed by atoms with Crippen molar-refractivity contribution in [1.82, 2.24) is 10.2 Å². The minimum absolute atomic E-state index is 0.00615. The number of amides is 2. The fraction of sp³-hybridized carbons (Fsp3) is 0.333. The van der Waals surface area contributed by atoms with Crippen molar-refractivity contribution in [3.05, 3.63) is 102 Å². The molecular formula is C30H33F2N3O4S. The summed E-state index contributed by atoms with van der Waals surface area (Å²) < 4.78 is 54.0. The van der Waals surface area contributed by atoms with Gasteiger partial charge in [-0.05, 0) is 54.3 Å². The number of nitrogens with zero attached hydrogens (tertiary/aromatic N) is 2. The summed E-state index contributed by atoms with van der Waals surface area (Å²) in [5.74, 6) is -2.10. The van der Waals surface area contributed by atoms with Crippen LogP contribution in [0.4, 0.5) is 14.5 Å². The largest absolute Gasteiger partial charge is 0.352 e. The number of carbonyl (C=O) groups is 2. The van der Waals surface area contributed by atoms with Gasteiger partial charge < -0.3 is 10.2 Å². The van der Waals surface area contributed by atoms with Crippen molar-refractivity contribution in [3.63, 3.8) is 0 Å². The van der Waals surface area contributed by atoms with Crippen molar-refractivity contribution in [1.29, 1.82) is 0 Å². The highest BCUT2D eigenvalue weighted by atomic mass is 32.2. The average Bonchev–Trinajstić information content (AvgIpc) is 3.43. The molecule has 4 rings (SSSR count). The first-order chi connectivity index (χ1) is 19.1. The average molecular weight is 570 g/mol. The molecule has 2 amide bonds. The molecule has 0 aromatic heterocycles. The second kappa shape index (κ2) is 13.0. The van der Waals surface area contributed by atoms with E-state index in [9.17, 15) is 26.8 Å². The van der Waals surface area contributed by atoms with E-state index >= 15 is 0 Å². The van der Waals surface area contributed by atoms with Gasteiger partial charge >= 0.3 is 0 Å². The second-order valence-electron chi connectivity index (χ2n) is 10.1. The summed E-state index contributed by atoms with van der Waals surface area (Å²) in [7, 11) is -4.00. The Bertz CT molecular complexity index is 1410. The van der Waals surface area contributed by atoms with Crippen molar-refractivity contribution in [3.8, 4) is 0 Å². The first-order valence-corrected chi connectivity index (χ1v) is 15.1. The van der Waals surface area contributed by atoms with Crippen molar-refractivity contribution < 1.29 is 26.8 Å². The Morgan fingerprint density at radius 2 is 1.57 bits per heavy atom. The lowest BCUT2D eigenvalue weighted by atomic mass is 10.0. The lowest BCUT2D eigenvalue weighted by Gasteiger charge is -2.34. The predicted molar refractivity (Wildman–Crippen MR) is 150 cm³/mol. The molecule has 0 aliphatic heterocycles. The van der Waals surface area contributed by atoms with Gasteiger partial charge in [0.25, 0.3) is 0 Å². The van der Waals surface area contributed by atoms with Gasteiger partial charge in [0.2, 0.25) is 21.8 Å². The van der Waals surface area contributed by atoms with E-state index in [1.54, 1.807) is 0 Å². The molecule has 3 aromatic carbocycles. The summed E-state index contributed by atoms with van der Waals surface area (Å²) in [5.41, 5.74) is 1.38. The number of hydrogen-bond donors (Lipinski definition) is 1. The molecule has 40 heavy (non-hydrogen) atoms. The zero-order valence-corrected chi connectivity index (χ0v) is 23.1. The smallest absolute Gasteiger partial charge is 0.244 e. The van der Waals surface area contributed by atoms with E-state index in [0.717, 1.165) is 47.9 Å². The summed E-state index contributed by atoms with van der Waals surface area (Å²) >= 11 is 0. The van der Waals surface area contributed by atoms with E-state index in [4.69, 9.17) is 0 Å². The molecule has 0 spiro atoms. The predicted octanol–water partition coefficient (Wildman–Crippen LogP) is 4.43. The topological polar surface area (TPSA) is 86.8 Å². The Kier molecular flexibility index (Phi) is 9.52. The number of anilines is 1. The van der Waals surface area contributed by atoms with Crippen LogP contribution in [0.3, 0.4) is 0 Å². The maximum atomic E-state index is 14.0. The van der Waals surface area contributed by atoms with Crippen molar-refractivity contribution >= 4 is 27.5 Å². The molecule has 7 nitrogen and oxygen atoms in total. The van der Waals surface area contributed by atoms with E-state index in [2.05, 4.69) is 5.32 Å². The molecule has 212 valence electrons. The Balaban J connectivity index is 1.72. The third kappa shape index (κ3) is 7.88. The van der Waals surface area contributed by atoms with Gasteiger partial charge in [0.1, 0.15) is 24.2 Å².